The van der Waals surface area contributed by atoms with Crippen LogP contribution in [0.15, 0.2) is 34.7 Å². The smallest absolute Gasteiger partial charge is 0.222 e. The summed E-state index contributed by atoms with van der Waals surface area (Å²) >= 11 is 1.80. The molecule has 0 N–H and O–H groups in total. The number of rotatable bonds is 0. The summed E-state index contributed by atoms with van der Waals surface area (Å²) in [6.45, 7) is 4.03. The molecule has 0 spiro atoms. The fourth-order valence-corrected chi connectivity index (χ4v) is 3.11. The van der Waals surface area contributed by atoms with Crippen LogP contribution in [0.1, 0.15) is 11.5 Å². The minimum Gasteiger partial charge on any atom is -0.222 e. The SMILES string of the molecule is Cc1cc2c(sc3ccccc32)c(C)[o+]1.[O-][Cl+3]([O-])([O-])[O-]. The molecule has 0 aliphatic carbocycles. The quantitative estimate of drug-likeness (QED) is 0.534. The van der Waals surface area contributed by atoms with E-state index in [0.29, 0.717) is 0 Å². The molecule has 5 nitrogen and oxygen atoms in total. The third-order valence-corrected chi connectivity index (χ3v) is 3.90. The van der Waals surface area contributed by atoms with Crippen molar-refractivity contribution in [3.63, 3.8) is 0 Å². The molecule has 0 unspecified atom stereocenters. The van der Waals surface area contributed by atoms with Crippen LogP contribution in [0.3, 0.4) is 0 Å². The highest BCUT2D eigenvalue weighted by Crippen LogP contribution is 2.36. The van der Waals surface area contributed by atoms with Gasteiger partial charge in [0.25, 0.3) is 0 Å². The molecule has 20 heavy (non-hydrogen) atoms. The first-order chi connectivity index (χ1) is 9.25. The van der Waals surface area contributed by atoms with Gasteiger partial charge in [0.2, 0.25) is 0 Å². The normalized spacial score (nSPS) is 11.5. The van der Waals surface area contributed by atoms with E-state index in [0.717, 1.165) is 11.5 Å². The summed E-state index contributed by atoms with van der Waals surface area (Å²) in [6.07, 6.45) is 0. The molecule has 0 bridgehead atoms. The maximum Gasteiger partial charge on any atom is 0.344 e. The van der Waals surface area contributed by atoms with Crippen LogP contribution in [-0.4, -0.2) is 0 Å². The average molecular weight is 315 g/mol. The summed E-state index contributed by atoms with van der Waals surface area (Å²) in [5.74, 6) is 2.00. The zero-order valence-electron chi connectivity index (χ0n) is 10.7. The number of benzene rings is 1. The molecule has 0 saturated heterocycles. The van der Waals surface area contributed by atoms with E-state index in [2.05, 4.69) is 30.3 Å². The van der Waals surface area contributed by atoms with Gasteiger partial charge in [-0.25, -0.2) is 23.1 Å². The lowest BCUT2D eigenvalue weighted by atomic mass is 10.1. The number of thiophene rings is 1. The Kier molecular flexibility index (Phi) is 4.24. The third-order valence-electron chi connectivity index (χ3n) is 2.62. The Morgan fingerprint density at radius 3 is 2.25 bits per heavy atom. The van der Waals surface area contributed by atoms with Crippen molar-refractivity contribution in [3.8, 4) is 0 Å². The van der Waals surface area contributed by atoms with Crippen molar-refractivity contribution in [2.24, 2.45) is 0 Å². The zero-order chi connectivity index (χ0) is 14.9. The highest BCUT2D eigenvalue weighted by atomic mass is 35.7. The van der Waals surface area contributed by atoms with Gasteiger partial charge in [0, 0.05) is 21.5 Å². The van der Waals surface area contributed by atoms with Gasteiger partial charge in [-0.15, -0.1) is 21.6 Å². The molecule has 2 heterocycles. The van der Waals surface area contributed by atoms with E-state index in [4.69, 9.17) is 23.1 Å². The molecule has 0 fully saturated rings. The van der Waals surface area contributed by atoms with Gasteiger partial charge in [-0.05, 0) is 6.07 Å². The second-order valence-electron chi connectivity index (χ2n) is 4.13. The molecule has 7 heteroatoms. The van der Waals surface area contributed by atoms with Crippen molar-refractivity contribution >= 4 is 31.5 Å². The Bertz CT molecular complexity index is 741. The highest BCUT2D eigenvalue weighted by molar-refractivity contribution is 7.26. The first kappa shape index (κ1) is 15.1. The summed E-state index contributed by atoms with van der Waals surface area (Å²) in [7, 11) is -4.94. The van der Waals surface area contributed by atoms with Crippen LogP contribution in [0.4, 0.5) is 0 Å². The van der Waals surface area contributed by atoms with Crippen LogP contribution in [0.25, 0.3) is 20.2 Å². The number of halogens is 1. The minimum atomic E-state index is -4.94. The number of aryl methyl sites for hydroxylation is 2. The maximum absolute atomic E-state index is 8.49. The first-order valence-electron chi connectivity index (χ1n) is 5.59. The predicted molar refractivity (Wildman–Crippen MR) is 65.5 cm³/mol. The Balaban J connectivity index is 0.000000257. The van der Waals surface area contributed by atoms with Gasteiger partial charge in [0.15, 0.2) is 0 Å². The van der Waals surface area contributed by atoms with Crippen LogP contribution in [0, 0.1) is 24.1 Å². The lowest BCUT2D eigenvalue weighted by molar-refractivity contribution is -2.00. The van der Waals surface area contributed by atoms with E-state index in [1.54, 1.807) is 11.3 Å². The fraction of sp³-hybridized carbons (Fsp3) is 0.154. The maximum atomic E-state index is 8.49. The first-order valence-corrected chi connectivity index (χ1v) is 7.64. The van der Waals surface area contributed by atoms with Crippen molar-refractivity contribution in [1.82, 2.24) is 0 Å². The molecule has 106 valence electrons. The van der Waals surface area contributed by atoms with E-state index in [1.807, 2.05) is 13.8 Å². The molecule has 0 aliphatic rings. The Hall–Kier alpha value is -1.28. The largest absolute Gasteiger partial charge is 0.344 e. The Morgan fingerprint density at radius 1 is 1.00 bits per heavy atom. The van der Waals surface area contributed by atoms with Crippen LogP contribution in [0.2, 0.25) is 0 Å². The van der Waals surface area contributed by atoms with E-state index in [9.17, 15) is 0 Å². The molecule has 3 aromatic rings. The van der Waals surface area contributed by atoms with Gasteiger partial charge in [0.05, 0.1) is 13.8 Å². The van der Waals surface area contributed by atoms with Crippen LogP contribution < -0.4 is 18.6 Å². The van der Waals surface area contributed by atoms with Crippen molar-refractivity contribution < 1.29 is 33.3 Å². The topological polar surface area (TPSA) is 104 Å². The number of hydrogen-bond donors (Lipinski definition) is 0. The molecule has 0 saturated carbocycles. The molecule has 0 amide bonds. The molecule has 1 aromatic carbocycles. The fourth-order valence-electron chi connectivity index (χ4n) is 1.99. The van der Waals surface area contributed by atoms with E-state index in [-0.39, 0.29) is 0 Å². The number of hydrogen-bond acceptors (Lipinski definition) is 5. The highest BCUT2D eigenvalue weighted by Gasteiger charge is 2.16. The van der Waals surface area contributed by atoms with Crippen molar-refractivity contribution in [3.05, 3.63) is 41.9 Å². The molecule has 0 atom stereocenters. The molecule has 2 aromatic heterocycles. The van der Waals surface area contributed by atoms with E-state index >= 15 is 0 Å². The summed E-state index contributed by atoms with van der Waals surface area (Å²) in [5, 5.41) is 2.65. The molecule has 0 radical (unpaired) electrons. The van der Waals surface area contributed by atoms with Crippen molar-refractivity contribution in [1.29, 1.82) is 0 Å². The predicted octanol–water partition coefficient (Wildman–Crippen LogP) is -0.211. The second-order valence-corrected chi connectivity index (χ2v) is 5.94. The summed E-state index contributed by atoms with van der Waals surface area (Å²) in [5.41, 5.74) is 0. The number of fused-ring (bicyclic) bond motifs is 3. The molecule has 3 rings (SSSR count). The van der Waals surface area contributed by atoms with Gasteiger partial charge in [-0.3, -0.25) is 0 Å². The lowest BCUT2D eigenvalue weighted by Gasteiger charge is -2.17. The standard InChI is InChI=1S/C13H11OS.ClHO4/c1-8-7-11-10-5-3-4-6-12(10)15-13(11)9(2)14-8;2-1(3,4)5/h3-7H,1-2H3;(H,2,3,4,5)/q+1;/p-1. The lowest BCUT2D eigenvalue weighted by Crippen LogP contribution is -2.68. The third kappa shape index (κ3) is 3.63. The van der Waals surface area contributed by atoms with Gasteiger partial charge < -0.3 is 0 Å². The summed E-state index contributed by atoms with van der Waals surface area (Å²) < 4.78 is 42.2. The second kappa shape index (κ2) is 5.61. The molecule has 0 aliphatic heterocycles. The summed E-state index contributed by atoms with van der Waals surface area (Å²) in [4.78, 5) is 0. The molecular weight excluding hydrogens is 304 g/mol. The van der Waals surface area contributed by atoms with Crippen LogP contribution in [-0.2, 0) is 0 Å². The minimum absolute atomic E-state index is 0.976. The van der Waals surface area contributed by atoms with Crippen molar-refractivity contribution in [2.75, 3.05) is 0 Å². The van der Waals surface area contributed by atoms with Crippen molar-refractivity contribution in [2.45, 2.75) is 13.8 Å². The average Bonchev–Trinajstić information content (AvgIpc) is 2.66. The van der Waals surface area contributed by atoms with Gasteiger partial charge in [0.1, 0.15) is 4.70 Å². The molecular formula is C13H11ClO5S. The van der Waals surface area contributed by atoms with Gasteiger partial charge in [-0.1, -0.05) is 18.2 Å². The monoisotopic (exact) mass is 314 g/mol. The van der Waals surface area contributed by atoms with E-state index in [1.165, 1.54) is 20.2 Å². The van der Waals surface area contributed by atoms with Gasteiger partial charge >= 0.3 is 11.5 Å². The zero-order valence-corrected chi connectivity index (χ0v) is 12.3. The Morgan fingerprint density at radius 2 is 1.60 bits per heavy atom. The summed E-state index contributed by atoms with van der Waals surface area (Å²) in [6, 6.07) is 10.6. The van der Waals surface area contributed by atoms with Crippen LogP contribution in [0.5, 0.6) is 0 Å². The van der Waals surface area contributed by atoms with Gasteiger partial charge in [-0.2, -0.15) is 0 Å². The Labute approximate surface area is 121 Å². The van der Waals surface area contributed by atoms with Crippen LogP contribution >= 0.6 is 11.3 Å². The van der Waals surface area contributed by atoms with E-state index < -0.39 is 10.2 Å².